The van der Waals surface area contributed by atoms with Crippen LogP contribution in [0.25, 0.3) is 11.1 Å². The number of carbonyl (C=O) groups is 1. The summed E-state index contributed by atoms with van der Waals surface area (Å²) in [6.45, 7) is 4.31. The van der Waals surface area contributed by atoms with Crippen LogP contribution < -0.4 is 5.32 Å². The number of benzene rings is 2. The maximum absolute atomic E-state index is 14.2. The molecule has 6 nitrogen and oxygen atoms in total. The Hall–Kier alpha value is -3.48. The highest BCUT2D eigenvalue weighted by Crippen LogP contribution is 2.28. The number of anilines is 1. The lowest BCUT2D eigenvalue weighted by molar-refractivity contribution is 0.102. The number of aryl methyl sites for hydroxylation is 2. The van der Waals surface area contributed by atoms with E-state index in [-0.39, 0.29) is 5.56 Å². The van der Waals surface area contributed by atoms with Crippen LogP contribution >= 0.6 is 0 Å². The van der Waals surface area contributed by atoms with Gasteiger partial charge >= 0.3 is 0 Å². The van der Waals surface area contributed by atoms with Crippen molar-refractivity contribution in [1.29, 1.82) is 0 Å². The van der Waals surface area contributed by atoms with Crippen LogP contribution in [0.2, 0.25) is 0 Å². The van der Waals surface area contributed by atoms with E-state index in [0.29, 0.717) is 18.0 Å². The van der Waals surface area contributed by atoms with Crippen molar-refractivity contribution < 1.29 is 14.0 Å². The normalized spacial score (nSPS) is 11.1. The van der Waals surface area contributed by atoms with Crippen molar-refractivity contribution in [3.63, 3.8) is 0 Å². The zero-order valence-electron chi connectivity index (χ0n) is 17.4. The number of halogens is 1. The number of oxime groups is 1. The molecular weight excluding hydrogens is 383 g/mol. The number of nitrogens with one attached hydrogen (secondary N) is 1. The molecule has 0 atom stereocenters. The van der Waals surface area contributed by atoms with Gasteiger partial charge in [-0.2, -0.15) is 9.49 Å². The summed E-state index contributed by atoms with van der Waals surface area (Å²) in [5, 5.41) is 10.7. The quantitative estimate of drug-likeness (QED) is 0.326. The summed E-state index contributed by atoms with van der Waals surface area (Å²) in [5.41, 5.74) is 3.53. The highest BCUT2D eigenvalue weighted by Gasteiger charge is 2.21. The van der Waals surface area contributed by atoms with Gasteiger partial charge in [0, 0.05) is 18.3 Å². The van der Waals surface area contributed by atoms with E-state index in [0.717, 1.165) is 34.2 Å². The van der Waals surface area contributed by atoms with Crippen LogP contribution in [-0.2, 0) is 11.9 Å². The summed E-state index contributed by atoms with van der Waals surface area (Å²) >= 11 is 0. The highest BCUT2D eigenvalue weighted by atomic mass is 19.1. The first-order valence-corrected chi connectivity index (χ1v) is 9.86. The topological polar surface area (TPSA) is 68.5 Å². The van der Waals surface area contributed by atoms with Gasteiger partial charge in [0.1, 0.15) is 12.2 Å². The molecular formula is C23H25FN4O2. The summed E-state index contributed by atoms with van der Waals surface area (Å²) in [6.07, 6.45) is 3.70. The van der Waals surface area contributed by atoms with Gasteiger partial charge in [-0.1, -0.05) is 61.0 Å². The van der Waals surface area contributed by atoms with Gasteiger partial charge in [-0.05, 0) is 30.5 Å². The number of carbonyl (C=O) groups excluding carboxylic acids is 1. The molecule has 30 heavy (non-hydrogen) atoms. The Morgan fingerprint density at radius 1 is 1.23 bits per heavy atom. The van der Waals surface area contributed by atoms with Crippen LogP contribution in [0.5, 0.6) is 0 Å². The molecule has 1 heterocycles. The van der Waals surface area contributed by atoms with Crippen molar-refractivity contribution in [2.75, 3.05) is 11.9 Å². The Morgan fingerprint density at radius 2 is 1.97 bits per heavy atom. The van der Waals surface area contributed by atoms with E-state index < -0.39 is 11.9 Å². The third-order valence-corrected chi connectivity index (χ3v) is 4.64. The molecule has 0 saturated heterocycles. The number of aromatic nitrogens is 2. The van der Waals surface area contributed by atoms with Crippen LogP contribution in [0.4, 0.5) is 10.1 Å². The zero-order valence-corrected chi connectivity index (χ0v) is 17.4. The molecule has 0 spiro atoms. The van der Waals surface area contributed by atoms with E-state index >= 15 is 0 Å². The molecule has 1 N–H and O–H groups in total. The lowest BCUT2D eigenvalue weighted by Crippen LogP contribution is -2.15. The maximum Gasteiger partial charge on any atom is 0.262 e. The van der Waals surface area contributed by atoms with Gasteiger partial charge in [-0.25, -0.2) is 4.68 Å². The summed E-state index contributed by atoms with van der Waals surface area (Å²) < 4.78 is 15.3. The molecule has 3 rings (SSSR count). The molecule has 156 valence electrons. The molecule has 7 heteroatoms. The second kappa shape index (κ2) is 9.82. The number of amides is 1. The number of para-hydroxylation sites is 1. The van der Waals surface area contributed by atoms with Gasteiger partial charge in [0.05, 0.1) is 11.9 Å². The molecule has 0 radical (unpaired) electrons. The zero-order chi connectivity index (χ0) is 21.5. The van der Waals surface area contributed by atoms with Crippen molar-refractivity contribution in [2.45, 2.75) is 26.7 Å². The Labute approximate surface area is 175 Å². The third kappa shape index (κ3) is 4.92. The second-order valence-electron chi connectivity index (χ2n) is 6.92. The Kier molecular flexibility index (Phi) is 6.95. The van der Waals surface area contributed by atoms with Crippen molar-refractivity contribution in [3.05, 3.63) is 71.3 Å². The van der Waals surface area contributed by atoms with E-state index in [2.05, 4.69) is 22.5 Å². The first-order chi connectivity index (χ1) is 14.5. The van der Waals surface area contributed by atoms with E-state index in [9.17, 15) is 9.18 Å². The van der Waals surface area contributed by atoms with E-state index in [1.807, 2.05) is 42.5 Å². The molecule has 0 aliphatic heterocycles. The molecule has 0 aliphatic carbocycles. The Balaban J connectivity index is 1.77. The lowest BCUT2D eigenvalue weighted by atomic mass is 10.0. The molecule has 0 unspecified atom stereocenters. The fourth-order valence-electron chi connectivity index (χ4n) is 3.03. The van der Waals surface area contributed by atoms with Crippen LogP contribution in [0.3, 0.4) is 0 Å². The Morgan fingerprint density at radius 3 is 2.63 bits per heavy atom. The fraction of sp³-hybridized carbons (Fsp3) is 0.261. The van der Waals surface area contributed by atoms with E-state index in [1.54, 1.807) is 19.2 Å². The van der Waals surface area contributed by atoms with Crippen molar-refractivity contribution in [3.8, 4) is 11.1 Å². The third-order valence-electron chi connectivity index (χ3n) is 4.64. The summed E-state index contributed by atoms with van der Waals surface area (Å²) in [4.78, 5) is 17.9. The standard InChI is InChI=1S/C23H25FN4O2/c1-4-5-14-30-25-15-17-10-12-18(13-11-17)19-8-6-7-9-20(19)26-23(29)21-16(2)27-28(3)22(21)24/h6-13,15H,4-5,14H2,1-3H3,(H,26,29). The number of hydrogen-bond donors (Lipinski definition) is 1. The SMILES string of the molecule is CCCCON=Cc1ccc(-c2ccccc2NC(=O)c2c(C)nn(C)c2F)cc1. The smallest absolute Gasteiger partial charge is 0.262 e. The average molecular weight is 408 g/mol. The van der Waals surface area contributed by atoms with Crippen molar-refractivity contribution in [2.24, 2.45) is 12.2 Å². The summed E-state index contributed by atoms with van der Waals surface area (Å²) in [6, 6.07) is 15.1. The van der Waals surface area contributed by atoms with Crippen LogP contribution in [-0.4, -0.2) is 28.5 Å². The summed E-state index contributed by atoms with van der Waals surface area (Å²) in [7, 11) is 1.47. The molecule has 0 aliphatic rings. The number of hydrogen-bond acceptors (Lipinski definition) is 4. The molecule has 0 bridgehead atoms. The first-order valence-electron chi connectivity index (χ1n) is 9.86. The average Bonchev–Trinajstić information content (AvgIpc) is 3.00. The van der Waals surface area contributed by atoms with E-state index in [4.69, 9.17) is 4.84 Å². The molecule has 2 aromatic carbocycles. The van der Waals surface area contributed by atoms with Gasteiger partial charge < -0.3 is 10.2 Å². The molecule has 0 fully saturated rings. The van der Waals surface area contributed by atoms with Gasteiger partial charge in [-0.15, -0.1) is 0 Å². The number of rotatable bonds is 8. The first kappa shape index (κ1) is 21.2. The second-order valence-corrected chi connectivity index (χ2v) is 6.92. The monoisotopic (exact) mass is 408 g/mol. The summed E-state index contributed by atoms with van der Waals surface area (Å²) in [5.74, 6) is -1.19. The number of unbranched alkanes of at least 4 members (excludes halogenated alkanes) is 1. The molecule has 1 aromatic heterocycles. The van der Waals surface area contributed by atoms with Gasteiger partial charge in [0.25, 0.3) is 5.91 Å². The van der Waals surface area contributed by atoms with Crippen LogP contribution in [0, 0.1) is 12.9 Å². The van der Waals surface area contributed by atoms with Gasteiger partial charge in [-0.3, -0.25) is 4.79 Å². The van der Waals surface area contributed by atoms with Crippen LogP contribution in [0.15, 0.2) is 53.7 Å². The minimum Gasteiger partial charge on any atom is -0.396 e. The predicted octanol–water partition coefficient (Wildman–Crippen LogP) is 4.94. The predicted molar refractivity (Wildman–Crippen MR) is 116 cm³/mol. The minimum absolute atomic E-state index is 0.0538. The maximum atomic E-state index is 14.2. The highest BCUT2D eigenvalue weighted by molar-refractivity contribution is 6.07. The molecule has 0 saturated carbocycles. The largest absolute Gasteiger partial charge is 0.396 e. The van der Waals surface area contributed by atoms with Crippen molar-refractivity contribution in [1.82, 2.24) is 9.78 Å². The van der Waals surface area contributed by atoms with Gasteiger partial charge in [0.2, 0.25) is 5.95 Å². The fourth-order valence-corrected chi connectivity index (χ4v) is 3.03. The minimum atomic E-state index is -0.660. The Bertz CT molecular complexity index is 1040. The van der Waals surface area contributed by atoms with Crippen LogP contribution in [0.1, 0.15) is 41.4 Å². The lowest BCUT2D eigenvalue weighted by Gasteiger charge is -2.11. The molecule has 3 aromatic rings. The van der Waals surface area contributed by atoms with E-state index in [1.165, 1.54) is 7.05 Å². The number of nitrogens with zero attached hydrogens (tertiary/aromatic N) is 3. The molecule has 1 amide bonds. The van der Waals surface area contributed by atoms with Gasteiger partial charge in [0.15, 0.2) is 0 Å². The van der Waals surface area contributed by atoms with Crippen molar-refractivity contribution >= 4 is 17.8 Å².